The lowest BCUT2D eigenvalue weighted by Gasteiger charge is -2.31. The summed E-state index contributed by atoms with van der Waals surface area (Å²) in [7, 11) is -3.53. The van der Waals surface area contributed by atoms with Gasteiger partial charge in [-0.25, -0.2) is 8.42 Å². The third-order valence-electron chi connectivity index (χ3n) is 4.86. The fourth-order valence-corrected chi connectivity index (χ4v) is 4.81. The quantitative estimate of drug-likeness (QED) is 0.786. The van der Waals surface area contributed by atoms with Crippen LogP contribution in [0.1, 0.15) is 42.3 Å². The highest BCUT2D eigenvalue weighted by atomic mass is 32.2. The second-order valence-electron chi connectivity index (χ2n) is 6.94. The average Bonchev–Trinajstić information content (AvgIpc) is 3.12. The van der Waals surface area contributed by atoms with Crippen LogP contribution >= 0.6 is 0 Å². The molecule has 27 heavy (non-hydrogen) atoms. The predicted octanol–water partition coefficient (Wildman–Crippen LogP) is 2.86. The van der Waals surface area contributed by atoms with E-state index >= 15 is 0 Å². The molecule has 3 rings (SSSR count). The van der Waals surface area contributed by atoms with E-state index in [9.17, 15) is 13.2 Å². The molecule has 0 unspecified atom stereocenters. The van der Waals surface area contributed by atoms with E-state index in [-0.39, 0.29) is 28.4 Å². The number of furan rings is 1. The summed E-state index contributed by atoms with van der Waals surface area (Å²) >= 11 is 0. The summed E-state index contributed by atoms with van der Waals surface area (Å²) in [6.45, 7) is 5.18. The number of sulfone groups is 1. The Hall–Kier alpha value is -2.12. The van der Waals surface area contributed by atoms with Gasteiger partial charge in [0.1, 0.15) is 0 Å². The zero-order chi connectivity index (χ0) is 19.3. The minimum Gasteiger partial charge on any atom is -0.459 e. The van der Waals surface area contributed by atoms with Gasteiger partial charge in [-0.3, -0.25) is 4.79 Å². The number of nitrogens with one attached hydrogen (secondary N) is 1. The summed E-state index contributed by atoms with van der Waals surface area (Å²) in [5.41, 5.74) is 0.389. The number of carbonyl (C=O) groups is 1. The molecule has 1 aliphatic rings. The van der Waals surface area contributed by atoms with Gasteiger partial charge in [0.05, 0.1) is 16.9 Å². The fraction of sp³-hybridized carbons (Fsp3) is 0.450. The lowest BCUT2D eigenvalue weighted by Crippen LogP contribution is -2.44. The van der Waals surface area contributed by atoms with Crippen molar-refractivity contribution in [2.45, 2.75) is 42.9 Å². The monoisotopic (exact) mass is 390 g/mol. The van der Waals surface area contributed by atoms with Crippen molar-refractivity contribution in [3.63, 3.8) is 0 Å². The van der Waals surface area contributed by atoms with E-state index in [4.69, 9.17) is 4.42 Å². The zero-order valence-corrected chi connectivity index (χ0v) is 16.4. The molecule has 0 radical (unpaired) electrons. The Morgan fingerprint density at radius 3 is 2.56 bits per heavy atom. The lowest BCUT2D eigenvalue weighted by atomic mass is 10.0. The molecule has 2 aromatic rings. The fourth-order valence-electron chi connectivity index (χ4n) is 3.43. The van der Waals surface area contributed by atoms with Crippen LogP contribution in [0, 0.1) is 0 Å². The van der Waals surface area contributed by atoms with Crippen molar-refractivity contribution < 1.29 is 17.6 Å². The second-order valence-corrected chi connectivity index (χ2v) is 8.93. The summed E-state index contributed by atoms with van der Waals surface area (Å²) in [4.78, 5) is 15.2. The van der Waals surface area contributed by atoms with E-state index in [1.165, 1.54) is 6.26 Å². The van der Waals surface area contributed by atoms with Crippen LogP contribution in [-0.2, 0) is 15.6 Å². The minimum atomic E-state index is -3.53. The second kappa shape index (κ2) is 8.71. The molecule has 0 saturated carbocycles. The molecule has 2 heterocycles. The van der Waals surface area contributed by atoms with Gasteiger partial charge in [-0.2, -0.15) is 0 Å². The molecule has 0 spiro atoms. The van der Waals surface area contributed by atoms with Crippen molar-refractivity contribution in [1.29, 1.82) is 0 Å². The molecule has 1 fully saturated rings. The maximum atomic E-state index is 12.6. The van der Waals surface area contributed by atoms with E-state index < -0.39 is 9.84 Å². The van der Waals surface area contributed by atoms with E-state index in [1.807, 2.05) is 0 Å². The van der Waals surface area contributed by atoms with Gasteiger partial charge >= 0.3 is 0 Å². The van der Waals surface area contributed by atoms with E-state index in [1.54, 1.807) is 36.4 Å². The Morgan fingerprint density at radius 1 is 1.19 bits per heavy atom. The van der Waals surface area contributed by atoms with Gasteiger partial charge in [-0.1, -0.05) is 25.1 Å². The van der Waals surface area contributed by atoms with Crippen molar-refractivity contribution >= 4 is 15.7 Å². The molecule has 1 saturated heterocycles. The topological polar surface area (TPSA) is 79.6 Å². The molecule has 1 N–H and O–H groups in total. The first kappa shape index (κ1) is 19.6. The Labute approximate surface area is 160 Å². The summed E-state index contributed by atoms with van der Waals surface area (Å²) < 4.78 is 30.5. The number of benzene rings is 1. The van der Waals surface area contributed by atoms with Gasteiger partial charge in [-0.15, -0.1) is 0 Å². The molecule has 1 aromatic heterocycles. The number of piperidine rings is 1. The molecule has 0 atom stereocenters. The Kier molecular flexibility index (Phi) is 6.34. The van der Waals surface area contributed by atoms with Gasteiger partial charge in [0.2, 0.25) is 0 Å². The number of carbonyl (C=O) groups excluding carboxylic acids is 1. The van der Waals surface area contributed by atoms with Gasteiger partial charge in [-0.05, 0) is 44.0 Å². The molecule has 146 valence electrons. The van der Waals surface area contributed by atoms with E-state index in [0.717, 1.165) is 38.9 Å². The van der Waals surface area contributed by atoms with E-state index in [2.05, 4.69) is 17.1 Å². The first-order valence-corrected chi connectivity index (χ1v) is 11.0. The van der Waals surface area contributed by atoms with Crippen molar-refractivity contribution in [3.8, 4) is 0 Å². The SMILES string of the molecule is CCCN1CCC(NC(=O)c2occc2CS(=O)(=O)c2ccccc2)CC1. The largest absolute Gasteiger partial charge is 0.459 e. The molecule has 0 bridgehead atoms. The number of hydrogen-bond acceptors (Lipinski definition) is 5. The number of rotatable bonds is 7. The number of amides is 1. The van der Waals surface area contributed by atoms with Crippen molar-refractivity contribution in [2.75, 3.05) is 19.6 Å². The maximum absolute atomic E-state index is 12.6. The highest BCUT2D eigenvalue weighted by Gasteiger charge is 2.25. The summed E-state index contributed by atoms with van der Waals surface area (Å²) in [6.07, 6.45) is 4.28. The molecule has 1 aliphatic heterocycles. The molecule has 6 nitrogen and oxygen atoms in total. The summed E-state index contributed by atoms with van der Waals surface area (Å²) in [5, 5.41) is 3.00. The molecule has 1 aromatic carbocycles. The lowest BCUT2D eigenvalue weighted by molar-refractivity contribution is 0.0882. The zero-order valence-electron chi connectivity index (χ0n) is 15.6. The van der Waals surface area contributed by atoms with Crippen LogP contribution in [0.3, 0.4) is 0 Å². The van der Waals surface area contributed by atoms with Crippen LogP contribution in [0.25, 0.3) is 0 Å². The molecular weight excluding hydrogens is 364 g/mol. The van der Waals surface area contributed by atoms with Crippen LogP contribution in [0.4, 0.5) is 0 Å². The summed E-state index contributed by atoms with van der Waals surface area (Å²) in [5.74, 6) is -0.511. The van der Waals surface area contributed by atoms with Crippen LogP contribution in [-0.4, -0.2) is 44.9 Å². The highest BCUT2D eigenvalue weighted by Crippen LogP contribution is 2.20. The van der Waals surface area contributed by atoms with Gasteiger partial charge in [0.25, 0.3) is 5.91 Å². The third-order valence-corrected chi connectivity index (χ3v) is 6.54. The summed E-state index contributed by atoms with van der Waals surface area (Å²) in [6, 6.07) is 9.88. The molecule has 1 amide bonds. The maximum Gasteiger partial charge on any atom is 0.287 e. The first-order valence-electron chi connectivity index (χ1n) is 9.37. The standard InChI is InChI=1S/C20H26N2O4S/c1-2-11-22-12-8-17(9-13-22)21-20(23)19-16(10-14-26-19)15-27(24,25)18-6-4-3-5-7-18/h3-7,10,14,17H,2,8-9,11-13,15H2,1H3,(H,21,23). The first-order chi connectivity index (χ1) is 13.0. The van der Waals surface area contributed by atoms with Crippen molar-refractivity contribution in [2.24, 2.45) is 0 Å². The predicted molar refractivity (Wildman–Crippen MR) is 103 cm³/mol. The number of likely N-dealkylation sites (tertiary alicyclic amines) is 1. The van der Waals surface area contributed by atoms with Crippen LogP contribution in [0.5, 0.6) is 0 Å². The smallest absolute Gasteiger partial charge is 0.287 e. The van der Waals surface area contributed by atoms with Crippen LogP contribution in [0.15, 0.2) is 52.0 Å². The Morgan fingerprint density at radius 2 is 1.89 bits per heavy atom. The third kappa shape index (κ3) is 4.99. The molecule has 7 heteroatoms. The van der Waals surface area contributed by atoms with Crippen LogP contribution in [0.2, 0.25) is 0 Å². The number of nitrogens with zero attached hydrogens (tertiary/aromatic N) is 1. The van der Waals surface area contributed by atoms with E-state index in [0.29, 0.717) is 5.56 Å². The highest BCUT2D eigenvalue weighted by molar-refractivity contribution is 7.90. The molecular formula is C20H26N2O4S. The normalized spacial score (nSPS) is 16.3. The Balaban J connectivity index is 1.64. The van der Waals surface area contributed by atoms with Gasteiger partial charge in [0, 0.05) is 24.7 Å². The van der Waals surface area contributed by atoms with Crippen molar-refractivity contribution in [3.05, 3.63) is 54.0 Å². The van der Waals surface area contributed by atoms with Crippen molar-refractivity contribution in [1.82, 2.24) is 10.2 Å². The molecule has 0 aliphatic carbocycles. The van der Waals surface area contributed by atoms with Gasteiger partial charge in [0.15, 0.2) is 15.6 Å². The van der Waals surface area contributed by atoms with Gasteiger partial charge < -0.3 is 14.6 Å². The van der Waals surface area contributed by atoms with Crippen LogP contribution < -0.4 is 5.32 Å². The Bertz CT molecular complexity index is 853. The number of hydrogen-bond donors (Lipinski definition) is 1. The average molecular weight is 391 g/mol. The minimum absolute atomic E-state index is 0.0884.